The summed E-state index contributed by atoms with van der Waals surface area (Å²) in [7, 11) is 0. The molecule has 0 amide bonds. The van der Waals surface area contributed by atoms with Crippen LogP contribution in [-0.2, 0) is 6.54 Å². The summed E-state index contributed by atoms with van der Waals surface area (Å²) in [6.07, 6.45) is 2.21. The van der Waals surface area contributed by atoms with E-state index in [-0.39, 0.29) is 0 Å². The number of benzene rings is 1. The predicted molar refractivity (Wildman–Crippen MR) is 98.3 cm³/mol. The minimum absolute atomic E-state index is 0.650. The molecule has 4 nitrogen and oxygen atoms in total. The Labute approximate surface area is 143 Å². The zero-order valence-electron chi connectivity index (χ0n) is 14.1. The zero-order valence-corrected chi connectivity index (χ0v) is 14.9. The Bertz CT molecular complexity index is 624. The number of hydrogen-bond donors (Lipinski definition) is 1. The van der Waals surface area contributed by atoms with Gasteiger partial charge in [-0.2, -0.15) is 0 Å². The molecule has 0 unspecified atom stereocenters. The molecular formula is C18H25ClN4. The molecule has 2 aromatic rings. The lowest BCUT2D eigenvalue weighted by atomic mass is 10.2. The van der Waals surface area contributed by atoms with Gasteiger partial charge in [-0.25, -0.2) is 9.97 Å². The summed E-state index contributed by atoms with van der Waals surface area (Å²) in [5.41, 5.74) is 1.06. The van der Waals surface area contributed by atoms with Crippen molar-refractivity contribution in [2.45, 2.75) is 40.2 Å². The van der Waals surface area contributed by atoms with Gasteiger partial charge in [0.05, 0.1) is 0 Å². The van der Waals surface area contributed by atoms with Gasteiger partial charge in [0.1, 0.15) is 17.5 Å². The van der Waals surface area contributed by atoms with E-state index in [9.17, 15) is 0 Å². The fourth-order valence-electron chi connectivity index (χ4n) is 2.51. The fraction of sp³-hybridized carbons (Fsp3) is 0.444. The van der Waals surface area contributed by atoms with E-state index in [1.54, 1.807) is 0 Å². The van der Waals surface area contributed by atoms with Crippen LogP contribution in [0.3, 0.4) is 0 Å². The molecule has 2 rings (SSSR count). The second-order valence-corrected chi connectivity index (χ2v) is 6.00. The molecule has 0 fully saturated rings. The van der Waals surface area contributed by atoms with Crippen LogP contribution in [0, 0.1) is 6.92 Å². The van der Waals surface area contributed by atoms with Crippen molar-refractivity contribution in [1.82, 2.24) is 9.97 Å². The quantitative estimate of drug-likeness (QED) is 0.762. The smallest absolute Gasteiger partial charge is 0.134 e. The van der Waals surface area contributed by atoms with Crippen LogP contribution in [0.4, 0.5) is 11.6 Å². The minimum Gasteiger partial charge on any atom is -0.366 e. The van der Waals surface area contributed by atoms with Gasteiger partial charge in [0.2, 0.25) is 0 Å². The second-order valence-electron chi connectivity index (χ2n) is 5.59. The van der Waals surface area contributed by atoms with E-state index in [0.29, 0.717) is 6.54 Å². The third-order valence-corrected chi connectivity index (χ3v) is 3.92. The first kappa shape index (κ1) is 17.5. The number of aryl methyl sites for hydroxylation is 1. The Kier molecular flexibility index (Phi) is 6.66. The highest BCUT2D eigenvalue weighted by Crippen LogP contribution is 2.19. The number of anilines is 2. The molecule has 23 heavy (non-hydrogen) atoms. The van der Waals surface area contributed by atoms with Gasteiger partial charge in [-0.05, 0) is 31.4 Å². The molecule has 0 saturated heterocycles. The van der Waals surface area contributed by atoms with Crippen molar-refractivity contribution in [3.63, 3.8) is 0 Å². The maximum atomic E-state index is 6.20. The molecule has 0 radical (unpaired) electrons. The normalized spacial score (nSPS) is 10.6. The van der Waals surface area contributed by atoms with Gasteiger partial charge in [-0.1, -0.05) is 43.6 Å². The highest BCUT2D eigenvalue weighted by Gasteiger charge is 2.09. The Morgan fingerprint density at radius 3 is 2.43 bits per heavy atom. The lowest BCUT2D eigenvalue weighted by molar-refractivity contribution is 0.730. The second kappa shape index (κ2) is 8.73. The molecule has 1 aromatic heterocycles. The van der Waals surface area contributed by atoms with E-state index < -0.39 is 0 Å². The summed E-state index contributed by atoms with van der Waals surface area (Å²) in [4.78, 5) is 11.4. The number of aromatic nitrogens is 2. The van der Waals surface area contributed by atoms with E-state index in [4.69, 9.17) is 11.6 Å². The number of nitrogens with one attached hydrogen (secondary N) is 1. The lowest BCUT2D eigenvalue weighted by Gasteiger charge is -2.23. The first-order valence-corrected chi connectivity index (χ1v) is 8.59. The van der Waals surface area contributed by atoms with E-state index in [1.807, 2.05) is 37.3 Å². The fourth-order valence-corrected chi connectivity index (χ4v) is 2.72. The Balaban J connectivity index is 2.14. The average Bonchev–Trinajstić information content (AvgIpc) is 2.53. The van der Waals surface area contributed by atoms with Crippen molar-refractivity contribution in [2.24, 2.45) is 0 Å². The first-order chi connectivity index (χ1) is 11.1. The molecule has 124 valence electrons. The summed E-state index contributed by atoms with van der Waals surface area (Å²) in [6, 6.07) is 9.87. The van der Waals surface area contributed by atoms with Gasteiger partial charge in [0, 0.05) is 30.7 Å². The molecule has 1 N–H and O–H groups in total. The molecule has 0 aliphatic rings. The van der Waals surface area contributed by atoms with E-state index in [2.05, 4.69) is 34.0 Å². The molecule has 1 heterocycles. The topological polar surface area (TPSA) is 41.0 Å². The summed E-state index contributed by atoms with van der Waals surface area (Å²) in [6.45, 7) is 8.97. The summed E-state index contributed by atoms with van der Waals surface area (Å²) >= 11 is 6.20. The maximum Gasteiger partial charge on any atom is 0.134 e. The monoisotopic (exact) mass is 332 g/mol. The molecule has 0 atom stereocenters. The molecule has 1 aromatic carbocycles. The van der Waals surface area contributed by atoms with Crippen LogP contribution in [0.2, 0.25) is 5.02 Å². The van der Waals surface area contributed by atoms with Gasteiger partial charge in [-0.3, -0.25) is 0 Å². The molecule has 0 aliphatic carbocycles. The van der Waals surface area contributed by atoms with Gasteiger partial charge >= 0.3 is 0 Å². The Morgan fingerprint density at radius 1 is 1.09 bits per heavy atom. The summed E-state index contributed by atoms with van der Waals surface area (Å²) in [5.74, 6) is 2.61. The lowest BCUT2D eigenvalue weighted by Crippen LogP contribution is -2.26. The highest BCUT2D eigenvalue weighted by atomic mass is 35.5. The summed E-state index contributed by atoms with van der Waals surface area (Å²) < 4.78 is 0. The molecule has 0 saturated carbocycles. The van der Waals surface area contributed by atoms with Crippen LogP contribution in [0.15, 0.2) is 30.3 Å². The number of hydrogen-bond acceptors (Lipinski definition) is 4. The van der Waals surface area contributed by atoms with E-state index in [0.717, 1.165) is 54.0 Å². The number of halogens is 1. The highest BCUT2D eigenvalue weighted by molar-refractivity contribution is 6.31. The number of rotatable bonds is 8. The van der Waals surface area contributed by atoms with Gasteiger partial charge in [0.15, 0.2) is 0 Å². The first-order valence-electron chi connectivity index (χ1n) is 8.22. The largest absolute Gasteiger partial charge is 0.366 e. The third-order valence-electron chi connectivity index (χ3n) is 3.55. The van der Waals surface area contributed by atoms with Crippen molar-refractivity contribution in [3.8, 4) is 0 Å². The summed E-state index contributed by atoms with van der Waals surface area (Å²) in [5, 5.41) is 4.13. The van der Waals surface area contributed by atoms with Crippen molar-refractivity contribution < 1.29 is 0 Å². The van der Waals surface area contributed by atoms with E-state index >= 15 is 0 Å². The molecule has 0 spiro atoms. The zero-order chi connectivity index (χ0) is 16.7. The maximum absolute atomic E-state index is 6.20. The third kappa shape index (κ3) is 5.10. The minimum atomic E-state index is 0.650. The van der Waals surface area contributed by atoms with Crippen LogP contribution in [0.5, 0.6) is 0 Å². The Hall–Kier alpha value is -1.81. The predicted octanol–water partition coefficient (Wildman–Crippen LogP) is 4.68. The van der Waals surface area contributed by atoms with Crippen molar-refractivity contribution in [2.75, 3.05) is 23.3 Å². The molecule has 0 aliphatic heterocycles. The van der Waals surface area contributed by atoms with Gasteiger partial charge in [-0.15, -0.1) is 0 Å². The van der Waals surface area contributed by atoms with Crippen molar-refractivity contribution >= 4 is 23.2 Å². The molecular weight excluding hydrogens is 308 g/mol. The van der Waals surface area contributed by atoms with Crippen molar-refractivity contribution in [1.29, 1.82) is 0 Å². The van der Waals surface area contributed by atoms with Crippen LogP contribution >= 0.6 is 11.6 Å². The molecule has 0 bridgehead atoms. The molecule has 5 heteroatoms. The SMILES string of the molecule is CCCN(CCC)c1cc(NCc2ccccc2Cl)nc(C)n1. The van der Waals surface area contributed by atoms with Crippen LogP contribution in [-0.4, -0.2) is 23.1 Å². The van der Waals surface area contributed by atoms with E-state index in [1.165, 1.54) is 0 Å². The Morgan fingerprint density at radius 2 is 1.78 bits per heavy atom. The van der Waals surface area contributed by atoms with Crippen LogP contribution < -0.4 is 10.2 Å². The van der Waals surface area contributed by atoms with Crippen LogP contribution in [0.1, 0.15) is 38.1 Å². The average molecular weight is 333 g/mol. The van der Waals surface area contributed by atoms with Crippen LogP contribution in [0.25, 0.3) is 0 Å². The van der Waals surface area contributed by atoms with Gasteiger partial charge < -0.3 is 10.2 Å². The number of nitrogens with zero attached hydrogens (tertiary/aromatic N) is 3. The standard InChI is InChI=1S/C18H25ClN4/c1-4-10-23(11-5-2)18-12-17(21-14(3)22-18)20-13-15-8-6-7-9-16(15)19/h6-9,12H,4-5,10-11,13H2,1-3H3,(H,20,21,22). The van der Waals surface area contributed by atoms with Gasteiger partial charge in [0.25, 0.3) is 0 Å². The van der Waals surface area contributed by atoms with Crippen molar-refractivity contribution in [3.05, 3.63) is 46.7 Å².